The Morgan fingerprint density at radius 3 is 2.55 bits per heavy atom. The molecule has 0 atom stereocenters. The molecule has 2 aromatic carbocycles. The number of nitrogens with one attached hydrogen (secondary N) is 1. The lowest BCUT2D eigenvalue weighted by Crippen LogP contribution is -2.45. The smallest absolute Gasteiger partial charge is 0.318 e. The lowest BCUT2D eigenvalue weighted by Gasteiger charge is -2.35. The normalized spacial score (nSPS) is 16.8. The number of piperazine rings is 1. The lowest BCUT2D eigenvalue weighted by atomic mass is 9.99. The Kier molecular flexibility index (Phi) is 4.72. The zero-order valence-corrected chi connectivity index (χ0v) is 17.1. The van der Waals surface area contributed by atoms with Gasteiger partial charge in [0.05, 0.1) is 19.3 Å². The maximum atomic E-state index is 5.46. The van der Waals surface area contributed by atoms with Gasteiger partial charge < -0.3 is 19.9 Å². The van der Waals surface area contributed by atoms with Crippen molar-refractivity contribution in [1.82, 2.24) is 15.3 Å². The number of ether oxygens (including phenoxy) is 1. The van der Waals surface area contributed by atoms with Crippen molar-refractivity contribution < 1.29 is 4.74 Å². The van der Waals surface area contributed by atoms with Crippen LogP contribution in [0.4, 0.5) is 11.5 Å². The number of fused-ring (bicyclic) bond motifs is 2. The summed E-state index contributed by atoms with van der Waals surface area (Å²) in [5.41, 5.74) is 4.96. The average Bonchev–Trinajstić information content (AvgIpc) is 2.78. The number of rotatable bonds is 3. The van der Waals surface area contributed by atoms with Gasteiger partial charge in [0.2, 0.25) is 0 Å². The lowest BCUT2D eigenvalue weighted by molar-refractivity contribution is 0.376. The summed E-state index contributed by atoms with van der Waals surface area (Å²) in [5.74, 6) is 1.06. The summed E-state index contributed by atoms with van der Waals surface area (Å²) in [6.07, 6.45) is 0.945. The van der Waals surface area contributed by atoms with Crippen LogP contribution < -0.4 is 19.9 Å². The Balaban J connectivity index is 1.55. The molecule has 0 saturated carbocycles. The van der Waals surface area contributed by atoms with Crippen molar-refractivity contribution in [2.45, 2.75) is 19.9 Å². The van der Waals surface area contributed by atoms with E-state index in [0.717, 1.165) is 57.2 Å². The molecule has 6 heteroatoms. The van der Waals surface area contributed by atoms with Gasteiger partial charge in [0, 0.05) is 49.4 Å². The van der Waals surface area contributed by atoms with Gasteiger partial charge in [0.1, 0.15) is 5.82 Å². The van der Waals surface area contributed by atoms with E-state index < -0.39 is 0 Å². The zero-order valence-electron chi connectivity index (χ0n) is 17.1. The number of methoxy groups -OCH3 is 1. The molecule has 2 aliphatic rings. The first-order chi connectivity index (χ1) is 14.2. The van der Waals surface area contributed by atoms with Crippen molar-refractivity contribution >= 4 is 22.3 Å². The minimum absolute atomic E-state index is 0.466. The SMILES string of the molecule is COc1nc2c(c(N3CCNCC3)n1)CCN(c1cccc3cccc(C)c13)C2. The minimum Gasteiger partial charge on any atom is -0.467 e. The molecule has 0 unspecified atom stereocenters. The molecule has 5 rings (SSSR count). The Hall–Kier alpha value is -2.86. The maximum Gasteiger partial charge on any atom is 0.318 e. The molecule has 1 fully saturated rings. The molecule has 1 aromatic heterocycles. The fourth-order valence-corrected chi connectivity index (χ4v) is 4.59. The van der Waals surface area contributed by atoms with Crippen LogP contribution in [0.3, 0.4) is 0 Å². The van der Waals surface area contributed by atoms with Crippen LogP contribution in [-0.2, 0) is 13.0 Å². The van der Waals surface area contributed by atoms with Gasteiger partial charge in [-0.05, 0) is 30.4 Å². The largest absolute Gasteiger partial charge is 0.467 e. The van der Waals surface area contributed by atoms with Gasteiger partial charge >= 0.3 is 6.01 Å². The highest BCUT2D eigenvalue weighted by Gasteiger charge is 2.27. The van der Waals surface area contributed by atoms with Gasteiger partial charge in [-0.2, -0.15) is 9.97 Å². The van der Waals surface area contributed by atoms with E-state index in [9.17, 15) is 0 Å². The molecule has 29 heavy (non-hydrogen) atoms. The van der Waals surface area contributed by atoms with Crippen molar-refractivity contribution in [3.05, 3.63) is 53.2 Å². The van der Waals surface area contributed by atoms with E-state index in [1.807, 2.05) is 0 Å². The molecule has 0 amide bonds. The van der Waals surface area contributed by atoms with Crippen molar-refractivity contribution in [2.75, 3.05) is 49.6 Å². The Morgan fingerprint density at radius 2 is 1.76 bits per heavy atom. The molecule has 0 bridgehead atoms. The van der Waals surface area contributed by atoms with Crippen LogP contribution >= 0.6 is 0 Å². The van der Waals surface area contributed by atoms with Gasteiger partial charge in [-0.25, -0.2) is 0 Å². The number of benzene rings is 2. The molecule has 0 radical (unpaired) electrons. The van der Waals surface area contributed by atoms with Gasteiger partial charge in [-0.3, -0.25) is 0 Å². The zero-order chi connectivity index (χ0) is 19.8. The van der Waals surface area contributed by atoms with Gasteiger partial charge in [0.25, 0.3) is 0 Å². The molecule has 1 N–H and O–H groups in total. The van der Waals surface area contributed by atoms with Crippen molar-refractivity contribution in [2.24, 2.45) is 0 Å². The Bertz CT molecular complexity index is 1040. The number of hydrogen-bond donors (Lipinski definition) is 1. The van der Waals surface area contributed by atoms with Crippen LogP contribution in [0.2, 0.25) is 0 Å². The van der Waals surface area contributed by atoms with Crippen molar-refractivity contribution in [3.63, 3.8) is 0 Å². The Labute approximate surface area is 171 Å². The molecular weight excluding hydrogens is 362 g/mol. The first-order valence-corrected chi connectivity index (χ1v) is 10.4. The second-order valence-electron chi connectivity index (χ2n) is 7.82. The molecule has 150 valence electrons. The highest BCUT2D eigenvalue weighted by Crippen LogP contribution is 2.35. The van der Waals surface area contributed by atoms with E-state index in [-0.39, 0.29) is 0 Å². The summed E-state index contributed by atoms with van der Waals surface area (Å²) < 4.78 is 5.46. The number of hydrogen-bond acceptors (Lipinski definition) is 6. The van der Waals surface area contributed by atoms with E-state index in [1.165, 1.54) is 27.6 Å². The highest BCUT2D eigenvalue weighted by molar-refractivity contribution is 5.97. The molecule has 3 aromatic rings. The van der Waals surface area contributed by atoms with Crippen LogP contribution in [0.25, 0.3) is 10.8 Å². The summed E-state index contributed by atoms with van der Waals surface area (Å²) in [5, 5.41) is 6.04. The number of nitrogens with zero attached hydrogens (tertiary/aromatic N) is 4. The summed E-state index contributed by atoms with van der Waals surface area (Å²) >= 11 is 0. The maximum absolute atomic E-state index is 5.46. The summed E-state index contributed by atoms with van der Waals surface area (Å²) in [7, 11) is 1.65. The molecule has 6 nitrogen and oxygen atoms in total. The predicted octanol–water partition coefficient (Wildman–Crippen LogP) is 2.92. The number of aryl methyl sites for hydroxylation is 1. The van der Waals surface area contributed by atoms with Crippen LogP contribution in [0.1, 0.15) is 16.8 Å². The second-order valence-corrected chi connectivity index (χ2v) is 7.82. The predicted molar refractivity (Wildman–Crippen MR) is 117 cm³/mol. The Morgan fingerprint density at radius 1 is 0.966 bits per heavy atom. The van der Waals surface area contributed by atoms with E-state index >= 15 is 0 Å². The molecule has 2 aliphatic heterocycles. The fraction of sp³-hybridized carbons (Fsp3) is 0.391. The van der Waals surface area contributed by atoms with Crippen LogP contribution in [0, 0.1) is 6.92 Å². The molecule has 0 aliphatic carbocycles. The third-order valence-corrected chi connectivity index (χ3v) is 6.05. The van der Waals surface area contributed by atoms with Gasteiger partial charge in [0.15, 0.2) is 0 Å². The van der Waals surface area contributed by atoms with Crippen LogP contribution in [0.15, 0.2) is 36.4 Å². The van der Waals surface area contributed by atoms with E-state index in [1.54, 1.807) is 7.11 Å². The summed E-state index contributed by atoms with van der Waals surface area (Å²) in [4.78, 5) is 14.3. The van der Waals surface area contributed by atoms with Crippen LogP contribution in [0.5, 0.6) is 6.01 Å². The van der Waals surface area contributed by atoms with Crippen molar-refractivity contribution in [1.29, 1.82) is 0 Å². The van der Waals surface area contributed by atoms with Crippen molar-refractivity contribution in [3.8, 4) is 6.01 Å². The van der Waals surface area contributed by atoms with Gasteiger partial charge in [-0.15, -0.1) is 0 Å². The summed E-state index contributed by atoms with van der Waals surface area (Å²) in [6.45, 7) is 7.86. The molecular formula is C23H27N5O. The number of aromatic nitrogens is 2. The molecule has 0 spiro atoms. The van der Waals surface area contributed by atoms with E-state index in [4.69, 9.17) is 14.7 Å². The monoisotopic (exact) mass is 389 g/mol. The second kappa shape index (κ2) is 7.52. The highest BCUT2D eigenvalue weighted by atomic mass is 16.5. The first kappa shape index (κ1) is 18.2. The third-order valence-electron chi connectivity index (χ3n) is 6.05. The summed E-state index contributed by atoms with van der Waals surface area (Å²) in [6, 6.07) is 13.6. The third kappa shape index (κ3) is 3.27. The topological polar surface area (TPSA) is 53.5 Å². The first-order valence-electron chi connectivity index (χ1n) is 10.4. The average molecular weight is 390 g/mol. The molecule has 1 saturated heterocycles. The van der Waals surface area contributed by atoms with E-state index in [2.05, 4.69) is 58.4 Å². The van der Waals surface area contributed by atoms with E-state index in [0.29, 0.717) is 6.01 Å². The minimum atomic E-state index is 0.466. The number of anilines is 2. The fourth-order valence-electron chi connectivity index (χ4n) is 4.59. The van der Waals surface area contributed by atoms with Gasteiger partial charge in [-0.1, -0.05) is 30.3 Å². The standard InChI is InChI=1S/C23H27N5O/c1-16-5-3-6-17-7-4-8-20(21(16)17)28-12-9-18-19(15-28)25-23(29-2)26-22(18)27-13-10-24-11-14-27/h3-8,24H,9-15H2,1-2H3. The van der Waals surface area contributed by atoms with Crippen LogP contribution in [-0.4, -0.2) is 49.8 Å². The molecule has 3 heterocycles. The quantitative estimate of drug-likeness (QED) is 0.743.